The highest BCUT2D eigenvalue weighted by Gasteiger charge is 2.35. The molecule has 0 spiro atoms. The summed E-state index contributed by atoms with van der Waals surface area (Å²) in [6.45, 7) is 0.846. The van der Waals surface area contributed by atoms with Crippen LogP contribution in [0.4, 0.5) is 0 Å². The zero-order valence-corrected chi connectivity index (χ0v) is 19.7. The lowest BCUT2D eigenvalue weighted by molar-refractivity contribution is -0.126. The fourth-order valence-corrected chi connectivity index (χ4v) is 5.23. The predicted octanol–water partition coefficient (Wildman–Crippen LogP) is 4.39. The number of nitrogens with zero attached hydrogens (tertiary/aromatic N) is 2. The number of benzene rings is 2. The van der Waals surface area contributed by atoms with Crippen molar-refractivity contribution in [3.63, 3.8) is 0 Å². The molecule has 0 aliphatic carbocycles. The molecule has 7 heteroatoms. The van der Waals surface area contributed by atoms with E-state index in [1.807, 2.05) is 49.8 Å². The molecule has 0 saturated carbocycles. The highest BCUT2D eigenvalue weighted by atomic mass is 35.5. The van der Waals surface area contributed by atoms with Gasteiger partial charge in [-0.2, -0.15) is 0 Å². The molecule has 0 fully saturated rings. The van der Waals surface area contributed by atoms with Crippen LogP contribution in [0.25, 0.3) is 0 Å². The van der Waals surface area contributed by atoms with Gasteiger partial charge in [-0.3, -0.25) is 9.59 Å². The van der Waals surface area contributed by atoms with E-state index in [-0.39, 0.29) is 17.9 Å². The largest absolute Gasteiger partial charge is 0.352 e. The van der Waals surface area contributed by atoms with Crippen molar-refractivity contribution in [3.8, 4) is 0 Å². The first-order chi connectivity index (χ1) is 15.5. The highest BCUT2D eigenvalue weighted by Crippen LogP contribution is 2.28. The Kier molecular flexibility index (Phi) is 6.94. The van der Waals surface area contributed by atoms with Crippen molar-refractivity contribution < 1.29 is 9.59 Å². The average Bonchev–Trinajstić information content (AvgIpc) is 3.32. The van der Waals surface area contributed by atoms with E-state index in [4.69, 9.17) is 11.6 Å². The third kappa shape index (κ3) is 4.72. The van der Waals surface area contributed by atoms with Crippen LogP contribution in [0, 0.1) is 0 Å². The smallest absolute Gasteiger partial charge is 0.256 e. The third-order valence-corrected chi connectivity index (χ3v) is 7.18. The Morgan fingerprint density at radius 2 is 1.81 bits per heavy atom. The van der Waals surface area contributed by atoms with Crippen LogP contribution in [0.15, 0.2) is 66.0 Å². The standard InChI is InChI=1S/C25H26ClN3O2S/c1-28(2)22(23-12-7-13-32-23)15-27-24(30)21-14-17-8-3-4-9-18(17)16-29(21)25(31)19-10-5-6-11-20(19)26/h3-13,21-22H,14-16H2,1-2H3,(H,27,30). The van der Waals surface area contributed by atoms with E-state index in [0.29, 0.717) is 30.1 Å². The number of thiophene rings is 1. The Morgan fingerprint density at radius 1 is 1.09 bits per heavy atom. The van der Waals surface area contributed by atoms with Crippen LogP contribution < -0.4 is 5.32 Å². The quantitative estimate of drug-likeness (QED) is 0.585. The fourth-order valence-electron chi connectivity index (χ4n) is 4.09. The summed E-state index contributed by atoms with van der Waals surface area (Å²) in [6.07, 6.45) is 0.476. The number of rotatable bonds is 6. The molecule has 1 aliphatic rings. The van der Waals surface area contributed by atoms with Crippen LogP contribution in [0.2, 0.25) is 5.02 Å². The predicted molar refractivity (Wildman–Crippen MR) is 129 cm³/mol. The second-order valence-electron chi connectivity index (χ2n) is 8.14. The van der Waals surface area contributed by atoms with Crippen LogP contribution in [0.3, 0.4) is 0 Å². The van der Waals surface area contributed by atoms with Gasteiger partial charge >= 0.3 is 0 Å². The van der Waals surface area contributed by atoms with Crippen LogP contribution in [0.5, 0.6) is 0 Å². The summed E-state index contributed by atoms with van der Waals surface area (Å²) in [5.74, 6) is -0.379. The zero-order valence-electron chi connectivity index (χ0n) is 18.1. The number of carbonyl (C=O) groups is 2. The second kappa shape index (κ2) is 9.86. The Labute approximate surface area is 197 Å². The molecular weight excluding hydrogens is 442 g/mol. The number of hydrogen-bond donors (Lipinski definition) is 1. The van der Waals surface area contributed by atoms with Gasteiger partial charge in [0.05, 0.1) is 16.6 Å². The summed E-state index contributed by atoms with van der Waals surface area (Å²) in [7, 11) is 4.00. The molecule has 166 valence electrons. The molecule has 32 heavy (non-hydrogen) atoms. The van der Waals surface area contributed by atoms with Gasteiger partial charge in [0, 0.05) is 24.4 Å². The van der Waals surface area contributed by atoms with Crippen LogP contribution in [-0.2, 0) is 17.8 Å². The van der Waals surface area contributed by atoms with E-state index >= 15 is 0 Å². The van der Waals surface area contributed by atoms with Gasteiger partial charge in [0.25, 0.3) is 5.91 Å². The minimum atomic E-state index is -0.597. The van der Waals surface area contributed by atoms with Gasteiger partial charge in [-0.05, 0) is 48.8 Å². The summed E-state index contributed by atoms with van der Waals surface area (Å²) in [6, 6.07) is 18.5. The maximum Gasteiger partial charge on any atom is 0.256 e. The normalized spacial score (nSPS) is 16.5. The van der Waals surface area contributed by atoms with E-state index in [9.17, 15) is 9.59 Å². The highest BCUT2D eigenvalue weighted by molar-refractivity contribution is 7.10. The van der Waals surface area contributed by atoms with Crippen LogP contribution in [0.1, 0.15) is 32.4 Å². The minimum Gasteiger partial charge on any atom is -0.352 e. The van der Waals surface area contributed by atoms with Crippen molar-refractivity contribution in [2.75, 3.05) is 20.6 Å². The molecule has 3 aromatic rings. The molecule has 1 aromatic heterocycles. The van der Waals surface area contributed by atoms with Crippen LogP contribution in [-0.4, -0.2) is 48.3 Å². The number of halogens is 1. The number of likely N-dealkylation sites (N-methyl/N-ethyl adjacent to an activating group) is 1. The molecule has 2 unspecified atom stereocenters. The topological polar surface area (TPSA) is 52.7 Å². The molecule has 1 N–H and O–H groups in total. The number of nitrogens with one attached hydrogen (secondary N) is 1. The summed E-state index contributed by atoms with van der Waals surface area (Å²) in [4.78, 5) is 31.7. The van der Waals surface area contributed by atoms with Gasteiger partial charge in [-0.15, -0.1) is 11.3 Å². The molecule has 0 saturated heterocycles. The average molecular weight is 468 g/mol. The Hall–Kier alpha value is -2.67. The van der Waals surface area contributed by atoms with E-state index in [1.54, 1.807) is 40.5 Å². The summed E-state index contributed by atoms with van der Waals surface area (Å²) < 4.78 is 0. The number of hydrogen-bond acceptors (Lipinski definition) is 4. The summed E-state index contributed by atoms with van der Waals surface area (Å²) in [5.41, 5.74) is 2.57. The van der Waals surface area contributed by atoms with Crippen molar-refractivity contribution in [1.82, 2.24) is 15.1 Å². The molecule has 2 heterocycles. The van der Waals surface area contributed by atoms with E-state index < -0.39 is 6.04 Å². The molecular formula is C25H26ClN3O2S. The number of amides is 2. The lowest BCUT2D eigenvalue weighted by Gasteiger charge is -2.36. The minimum absolute atomic E-state index is 0.0718. The van der Waals surface area contributed by atoms with Gasteiger partial charge in [0.15, 0.2) is 0 Å². The molecule has 0 radical (unpaired) electrons. The Morgan fingerprint density at radius 3 is 2.50 bits per heavy atom. The van der Waals surface area contributed by atoms with Crippen molar-refractivity contribution in [3.05, 3.63) is 92.6 Å². The first-order valence-corrected chi connectivity index (χ1v) is 11.8. The SMILES string of the molecule is CN(C)C(CNC(=O)C1Cc2ccccc2CN1C(=O)c1ccccc1Cl)c1cccs1. The summed E-state index contributed by atoms with van der Waals surface area (Å²) >= 11 is 7.98. The van der Waals surface area contributed by atoms with Crippen molar-refractivity contribution in [2.24, 2.45) is 0 Å². The molecule has 2 atom stereocenters. The van der Waals surface area contributed by atoms with E-state index in [2.05, 4.69) is 16.3 Å². The second-order valence-corrected chi connectivity index (χ2v) is 9.53. The molecule has 4 rings (SSSR count). The lowest BCUT2D eigenvalue weighted by Crippen LogP contribution is -2.53. The van der Waals surface area contributed by atoms with Crippen molar-refractivity contribution in [2.45, 2.75) is 25.0 Å². The van der Waals surface area contributed by atoms with Crippen LogP contribution >= 0.6 is 22.9 Å². The zero-order chi connectivity index (χ0) is 22.7. The monoisotopic (exact) mass is 467 g/mol. The fraction of sp³-hybridized carbons (Fsp3) is 0.280. The molecule has 2 amide bonds. The van der Waals surface area contributed by atoms with E-state index in [1.165, 1.54) is 4.88 Å². The third-order valence-electron chi connectivity index (χ3n) is 5.88. The van der Waals surface area contributed by atoms with Crippen molar-refractivity contribution >= 4 is 34.8 Å². The van der Waals surface area contributed by atoms with Crippen molar-refractivity contribution in [1.29, 1.82) is 0 Å². The molecule has 2 aromatic carbocycles. The van der Waals surface area contributed by atoms with E-state index in [0.717, 1.165) is 11.1 Å². The molecule has 1 aliphatic heterocycles. The molecule has 0 bridgehead atoms. The Bertz CT molecular complexity index is 1100. The summed E-state index contributed by atoms with van der Waals surface area (Å²) in [5, 5.41) is 5.53. The van der Waals surface area contributed by atoms with Gasteiger partial charge in [0.2, 0.25) is 5.91 Å². The van der Waals surface area contributed by atoms with Gasteiger partial charge in [0.1, 0.15) is 6.04 Å². The van der Waals surface area contributed by atoms with Gasteiger partial charge < -0.3 is 15.1 Å². The lowest BCUT2D eigenvalue weighted by atomic mass is 9.92. The Balaban J connectivity index is 1.58. The molecule has 5 nitrogen and oxygen atoms in total. The number of carbonyl (C=O) groups excluding carboxylic acids is 2. The van der Waals surface area contributed by atoms with Gasteiger partial charge in [-0.1, -0.05) is 54.1 Å². The first kappa shape index (κ1) is 22.5. The van der Waals surface area contributed by atoms with Gasteiger partial charge in [-0.25, -0.2) is 0 Å². The first-order valence-electron chi connectivity index (χ1n) is 10.6. The maximum atomic E-state index is 13.4. The maximum absolute atomic E-state index is 13.4. The number of fused-ring (bicyclic) bond motifs is 1.